The van der Waals surface area contributed by atoms with E-state index in [-0.39, 0.29) is 35.3 Å². The third-order valence-corrected chi connectivity index (χ3v) is 6.17. The Balaban J connectivity index is 1.62. The molecule has 0 spiro atoms. The smallest absolute Gasteiger partial charge is 0.254 e. The first-order valence-electron chi connectivity index (χ1n) is 9.77. The largest absolute Gasteiger partial charge is 0.377 e. The van der Waals surface area contributed by atoms with E-state index in [0.29, 0.717) is 6.61 Å². The molecule has 10 heteroatoms. The zero-order valence-corrected chi connectivity index (χ0v) is 17.8. The van der Waals surface area contributed by atoms with Crippen LogP contribution in [-0.4, -0.2) is 58.0 Å². The Morgan fingerprint density at radius 2 is 1.97 bits per heavy atom. The molecule has 1 fully saturated rings. The van der Waals surface area contributed by atoms with Gasteiger partial charge in [0.25, 0.3) is 5.91 Å². The number of anilines is 1. The zero-order chi connectivity index (χ0) is 22.4. The van der Waals surface area contributed by atoms with Gasteiger partial charge in [-0.2, -0.15) is 0 Å². The molecule has 2 aromatic rings. The van der Waals surface area contributed by atoms with Crippen molar-refractivity contribution < 1.29 is 27.1 Å². The quantitative estimate of drug-likeness (QED) is 0.641. The van der Waals surface area contributed by atoms with Gasteiger partial charge in [-0.25, -0.2) is 17.5 Å². The number of carbonyl (C=O) groups excluding carboxylic acids is 2. The molecule has 1 unspecified atom stereocenters. The van der Waals surface area contributed by atoms with E-state index in [0.717, 1.165) is 23.8 Å². The topological polar surface area (TPSA) is 105 Å². The van der Waals surface area contributed by atoms with Crippen LogP contribution < -0.4 is 10.0 Å². The normalized spacial score (nSPS) is 16.1. The summed E-state index contributed by atoms with van der Waals surface area (Å²) in [5.41, 5.74) is 0.400. The number of benzene rings is 2. The first-order chi connectivity index (χ1) is 14.7. The van der Waals surface area contributed by atoms with Crippen molar-refractivity contribution in [2.45, 2.75) is 23.8 Å². The van der Waals surface area contributed by atoms with E-state index >= 15 is 0 Å². The van der Waals surface area contributed by atoms with Crippen molar-refractivity contribution in [2.24, 2.45) is 0 Å². The monoisotopic (exact) mass is 449 g/mol. The predicted molar refractivity (Wildman–Crippen MR) is 113 cm³/mol. The summed E-state index contributed by atoms with van der Waals surface area (Å²) >= 11 is 0. The Kier molecular flexibility index (Phi) is 7.37. The Hall–Kier alpha value is -2.82. The number of carbonyl (C=O) groups is 2. The maximum Gasteiger partial charge on any atom is 0.254 e. The van der Waals surface area contributed by atoms with Crippen molar-refractivity contribution in [3.63, 3.8) is 0 Å². The van der Waals surface area contributed by atoms with E-state index in [2.05, 4.69) is 10.0 Å². The fourth-order valence-corrected chi connectivity index (χ4v) is 4.27. The molecule has 0 radical (unpaired) electrons. The Labute approximate surface area is 180 Å². The number of amides is 2. The molecule has 0 bridgehead atoms. The van der Waals surface area contributed by atoms with Crippen LogP contribution in [0.5, 0.6) is 0 Å². The second kappa shape index (κ2) is 9.99. The van der Waals surface area contributed by atoms with Gasteiger partial charge in [-0.3, -0.25) is 9.59 Å². The van der Waals surface area contributed by atoms with Crippen LogP contribution in [0.4, 0.5) is 10.1 Å². The van der Waals surface area contributed by atoms with Gasteiger partial charge in [-0.15, -0.1) is 0 Å². The Morgan fingerprint density at radius 1 is 1.19 bits per heavy atom. The number of nitrogens with zero attached hydrogens (tertiary/aromatic N) is 1. The SMILES string of the molecule is CN(CC(=O)Nc1cccc(F)c1)C(=O)c1cccc(S(=O)(=O)NCC2CCCO2)c1. The third-order valence-electron chi connectivity index (χ3n) is 4.75. The van der Waals surface area contributed by atoms with E-state index in [1.165, 1.54) is 49.5 Å². The molecule has 3 rings (SSSR count). The van der Waals surface area contributed by atoms with Crippen molar-refractivity contribution in [1.29, 1.82) is 0 Å². The molecule has 0 saturated carbocycles. The molecule has 2 aromatic carbocycles. The molecule has 1 aliphatic heterocycles. The minimum absolute atomic E-state index is 0.0473. The van der Waals surface area contributed by atoms with Gasteiger partial charge >= 0.3 is 0 Å². The van der Waals surface area contributed by atoms with Gasteiger partial charge in [0.15, 0.2) is 0 Å². The van der Waals surface area contributed by atoms with Gasteiger partial charge in [0.05, 0.1) is 17.5 Å². The maximum absolute atomic E-state index is 13.2. The zero-order valence-electron chi connectivity index (χ0n) is 17.0. The summed E-state index contributed by atoms with van der Waals surface area (Å²) in [5.74, 6) is -1.53. The van der Waals surface area contributed by atoms with Crippen LogP contribution in [0.1, 0.15) is 23.2 Å². The van der Waals surface area contributed by atoms with Gasteiger partial charge in [-0.05, 0) is 49.2 Å². The van der Waals surface area contributed by atoms with E-state index in [4.69, 9.17) is 4.74 Å². The van der Waals surface area contributed by atoms with E-state index in [9.17, 15) is 22.4 Å². The molecule has 0 aromatic heterocycles. The summed E-state index contributed by atoms with van der Waals surface area (Å²) in [6.45, 7) is 0.500. The molecule has 1 heterocycles. The second-order valence-electron chi connectivity index (χ2n) is 7.23. The number of nitrogens with one attached hydrogen (secondary N) is 2. The van der Waals surface area contributed by atoms with Crippen molar-refractivity contribution >= 4 is 27.5 Å². The lowest BCUT2D eigenvalue weighted by Gasteiger charge is -2.17. The molecule has 166 valence electrons. The molecule has 1 aliphatic rings. The highest BCUT2D eigenvalue weighted by molar-refractivity contribution is 7.89. The predicted octanol–water partition coefficient (Wildman–Crippen LogP) is 1.99. The summed E-state index contributed by atoms with van der Waals surface area (Å²) < 4.78 is 46.3. The van der Waals surface area contributed by atoms with Crippen LogP contribution in [0.2, 0.25) is 0 Å². The number of rotatable bonds is 8. The van der Waals surface area contributed by atoms with Crippen LogP contribution in [0.25, 0.3) is 0 Å². The average molecular weight is 450 g/mol. The summed E-state index contributed by atoms with van der Waals surface area (Å²) in [5, 5.41) is 2.51. The summed E-state index contributed by atoms with van der Waals surface area (Å²) in [6, 6.07) is 11.0. The van der Waals surface area contributed by atoms with Gasteiger partial charge in [0.1, 0.15) is 5.82 Å². The van der Waals surface area contributed by atoms with Crippen LogP contribution in [-0.2, 0) is 19.6 Å². The fraction of sp³-hybridized carbons (Fsp3) is 0.333. The van der Waals surface area contributed by atoms with Crippen LogP contribution in [0.3, 0.4) is 0 Å². The summed E-state index contributed by atoms with van der Waals surface area (Å²) in [7, 11) is -2.39. The van der Waals surface area contributed by atoms with E-state index in [1.54, 1.807) is 0 Å². The molecular formula is C21H24FN3O5S. The lowest BCUT2D eigenvalue weighted by atomic mass is 10.2. The Morgan fingerprint density at radius 3 is 2.68 bits per heavy atom. The van der Waals surface area contributed by atoms with Crippen LogP contribution in [0, 0.1) is 5.82 Å². The lowest BCUT2D eigenvalue weighted by Crippen LogP contribution is -2.35. The first-order valence-corrected chi connectivity index (χ1v) is 11.2. The summed E-state index contributed by atoms with van der Waals surface area (Å²) in [4.78, 5) is 26.0. The molecule has 31 heavy (non-hydrogen) atoms. The van der Waals surface area contributed by atoms with Crippen molar-refractivity contribution in [2.75, 3.05) is 32.1 Å². The van der Waals surface area contributed by atoms with Crippen LogP contribution in [0.15, 0.2) is 53.4 Å². The number of halogens is 1. The maximum atomic E-state index is 13.2. The standard InChI is InChI=1S/C21H24FN3O5S/c1-25(14-20(26)24-17-7-3-6-16(22)12-17)21(27)15-5-2-9-19(11-15)31(28,29)23-13-18-8-4-10-30-18/h2-3,5-7,9,11-12,18,23H,4,8,10,13-14H2,1H3,(H,24,26). The van der Waals surface area contributed by atoms with Crippen molar-refractivity contribution in [3.05, 3.63) is 59.9 Å². The highest BCUT2D eigenvalue weighted by atomic mass is 32.2. The van der Waals surface area contributed by atoms with E-state index in [1.807, 2.05) is 0 Å². The van der Waals surface area contributed by atoms with Gasteiger partial charge in [0, 0.05) is 31.5 Å². The first kappa shape index (κ1) is 22.9. The van der Waals surface area contributed by atoms with Crippen molar-refractivity contribution in [1.82, 2.24) is 9.62 Å². The van der Waals surface area contributed by atoms with E-state index < -0.39 is 27.7 Å². The summed E-state index contributed by atoms with van der Waals surface area (Å²) in [6.07, 6.45) is 1.54. The molecule has 2 N–H and O–H groups in total. The fourth-order valence-electron chi connectivity index (χ4n) is 3.16. The molecule has 2 amide bonds. The van der Waals surface area contributed by atoms with Crippen LogP contribution >= 0.6 is 0 Å². The molecule has 1 atom stereocenters. The molecule has 0 aliphatic carbocycles. The van der Waals surface area contributed by atoms with Crippen molar-refractivity contribution in [3.8, 4) is 0 Å². The Bertz CT molecular complexity index is 1050. The number of hydrogen-bond donors (Lipinski definition) is 2. The minimum atomic E-state index is -3.81. The minimum Gasteiger partial charge on any atom is -0.377 e. The molecule has 8 nitrogen and oxygen atoms in total. The van der Waals surface area contributed by atoms with Gasteiger partial charge < -0.3 is 15.0 Å². The number of hydrogen-bond acceptors (Lipinski definition) is 5. The van der Waals surface area contributed by atoms with Gasteiger partial charge in [-0.1, -0.05) is 12.1 Å². The number of likely N-dealkylation sites (N-methyl/N-ethyl adjacent to an activating group) is 1. The second-order valence-corrected chi connectivity index (χ2v) is 9.00. The highest BCUT2D eigenvalue weighted by Gasteiger charge is 2.22. The average Bonchev–Trinajstić information content (AvgIpc) is 3.25. The number of ether oxygens (including phenoxy) is 1. The molecule has 1 saturated heterocycles. The van der Waals surface area contributed by atoms with Gasteiger partial charge in [0.2, 0.25) is 15.9 Å². The number of sulfonamides is 1. The lowest BCUT2D eigenvalue weighted by molar-refractivity contribution is -0.116. The third kappa shape index (κ3) is 6.33. The highest BCUT2D eigenvalue weighted by Crippen LogP contribution is 2.16. The molecular weight excluding hydrogens is 425 g/mol.